The minimum atomic E-state index is -0.390. The van der Waals surface area contributed by atoms with Gasteiger partial charge in [0.25, 0.3) is 0 Å². The summed E-state index contributed by atoms with van der Waals surface area (Å²) < 4.78 is 15.7. The maximum atomic E-state index is 12.0. The van der Waals surface area contributed by atoms with Crippen molar-refractivity contribution in [1.82, 2.24) is 0 Å². The zero-order chi connectivity index (χ0) is 15.8. The standard InChI is InChI=1S/C16H24O5/c1-5-21-16(18)11(2)13-10-15(20-4)14(19-3)9-12(13)7-6-8-17/h9-11,17H,5-8H2,1-4H3. The van der Waals surface area contributed by atoms with Gasteiger partial charge in [0, 0.05) is 6.61 Å². The Morgan fingerprint density at radius 2 is 1.86 bits per heavy atom. The Morgan fingerprint density at radius 1 is 1.24 bits per heavy atom. The number of esters is 1. The van der Waals surface area contributed by atoms with Gasteiger partial charge >= 0.3 is 5.97 Å². The molecule has 1 unspecified atom stereocenters. The van der Waals surface area contributed by atoms with Gasteiger partial charge in [0.2, 0.25) is 0 Å². The molecule has 5 heteroatoms. The van der Waals surface area contributed by atoms with Crippen molar-refractivity contribution in [2.75, 3.05) is 27.4 Å². The maximum absolute atomic E-state index is 12.0. The molecule has 1 atom stereocenters. The summed E-state index contributed by atoms with van der Waals surface area (Å²) in [7, 11) is 3.13. The molecule has 0 spiro atoms. The first-order valence-electron chi connectivity index (χ1n) is 7.11. The maximum Gasteiger partial charge on any atom is 0.313 e. The summed E-state index contributed by atoms with van der Waals surface area (Å²) in [5.41, 5.74) is 1.81. The van der Waals surface area contributed by atoms with E-state index in [0.717, 1.165) is 11.1 Å². The lowest BCUT2D eigenvalue weighted by atomic mass is 9.92. The zero-order valence-corrected chi connectivity index (χ0v) is 13.1. The Hall–Kier alpha value is -1.75. The van der Waals surface area contributed by atoms with E-state index in [1.807, 2.05) is 19.1 Å². The smallest absolute Gasteiger partial charge is 0.313 e. The van der Waals surface area contributed by atoms with Crippen LogP contribution in [0.25, 0.3) is 0 Å². The molecule has 1 N–H and O–H groups in total. The van der Waals surface area contributed by atoms with E-state index in [1.165, 1.54) is 0 Å². The number of benzene rings is 1. The number of carbonyl (C=O) groups excluding carboxylic acids is 1. The van der Waals surface area contributed by atoms with Crippen molar-refractivity contribution in [1.29, 1.82) is 0 Å². The number of carbonyl (C=O) groups is 1. The summed E-state index contributed by atoms with van der Waals surface area (Å²) in [6.07, 6.45) is 1.29. The quantitative estimate of drug-likeness (QED) is 0.746. The molecule has 0 radical (unpaired) electrons. The number of rotatable bonds is 8. The Labute approximate surface area is 125 Å². The average molecular weight is 296 g/mol. The number of ether oxygens (including phenoxy) is 3. The van der Waals surface area contributed by atoms with E-state index in [4.69, 9.17) is 19.3 Å². The van der Waals surface area contributed by atoms with E-state index in [1.54, 1.807) is 21.1 Å². The molecule has 5 nitrogen and oxygen atoms in total. The molecule has 1 aromatic rings. The van der Waals surface area contributed by atoms with Crippen molar-refractivity contribution in [2.45, 2.75) is 32.6 Å². The van der Waals surface area contributed by atoms with Crippen LogP contribution in [0.4, 0.5) is 0 Å². The minimum Gasteiger partial charge on any atom is -0.493 e. The molecule has 0 fully saturated rings. The highest BCUT2D eigenvalue weighted by Gasteiger charge is 2.22. The molecule has 1 aromatic carbocycles. The van der Waals surface area contributed by atoms with Gasteiger partial charge in [0.05, 0.1) is 26.7 Å². The Morgan fingerprint density at radius 3 is 2.38 bits per heavy atom. The van der Waals surface area contributed by atoms with Gasteiger partial charge in [-0.15, -0.1) is 0 Å². The molecular weight excluding hydrogens is 272 g/mol. The van der Waals surface area contributed by atoms with E-state index < -0.39 is 5.92 Å². The van der Waals surface area contributed by atoms with Crippen LogP contribution in [-0.4, -0.2) is 38.5 Å². The van der Waals surface area contributed by atoms with E-state index >= 15 is 0 Å². The second-order valence-corrected chi connectivity index (χ2v) is 4.71. The normalized spacial score (nSPS) is 11.9. The van der Waals surface area contributed by atoms with Gasteiger partial charge in [-0.05, 0) is 49.9 Å². The topological polar surface area (TPSA) is 65.0 Å². The van der Waals surface area contributed by atoms with Gasteiger partial charge in [-0.2, -0.15) is 0 Å². The van der Waals surface area contributed by atoms with Crippen molar-refractivity contribution in [2.24, 2.45) is 0 Å². The van der Waals surface area contributed by atoms with Crippen LogP contribution in [0.2, 0.25) is 0 Å². The molecule has 1 rings (SSSR count). The molecule has 0 aromatic heterocycles. The highest BCUT2D eigenvalue weighted by atomic mass is 16.5. The summed E-state index contributed by atoms with van der Waals surface area (Å²) in [6.45, 7) is 4.04. The summed E-state index contributed by atoms with van der Waals surface area (Å²) in [5, 5.41) is 9.03. The van der Waals surface area contributed by atoms with Crippen molar-refractivity contribution >= 4 is 5.97 Å². The second kappa shape index (κ2) is 8.52. The Bertz CT molecular complexity index is 470. The first-order valence-corrected chi connectivity index (χ1v) is 7.11. The molecular formula is C16H24O5. The van der Waals surface area contributed by atoms with Crippen LogP contribution < -0.4 is 9.47 Å². The first-order chi connectivity index (χ1) is 10.1. The third-order valence-electron chi connectivity index (χ3n) is 3.36. The minimum absolute atomic E-state index is 0.0988. The summed E-state index contributed by atoms with van der Waals surface area (Å²) in [6, 6.07) is 3.67. The molecule has 0 saturated heterocycles. The molecule has 0 amide bonds. The first kappa shape index (κ1) is 17.3. The number of hydrogen-bond donors (Lipinski definition) is 1. The molecule has 0 bridgehead atoms. The number of hydrogen-bond acceptors (Lipinski definition) is 5. The molecule has 0 aliphatic heterocycles. The van der Waals surface area contributed by atoms with Crippen LogP contribution in [-0.2, 0) is 16.0 Å². The van der Waals surface area contributed by atoms with Gasteiger partial charge in [-0.1, -0.05) is 0 Å². The lowest BCUT2D eigenvalue weighted by molar-refractivity contribution is -0.144. The molecule has 0 heterocycles. The molecule has 21 heavy (non-hydrogen) atoms. The van der Waals surface area contributed by atoms with Gasteiger partial charge in [-0.25, -0.2) is 0 Å². The fourth-order valence-corrected chi connectivity index (χ4v) is 2.22. The predicted octanol–water partition coefficient (Wildman–Crippen LogP) is 2.30. The van der Waals surface area contributed by atoms with E-state index in [9.17, 15) is 4.79 Å². The van der Waals surface area contributed by atoms with E-state index in [0.29, 0.717) is 30.9 Å². The van der Waals surface area contributed by atoms with Crippen LogP contribution in [0.1, 0.15) is 37.3 Å². The predicted molar refractivity (Wildman–Crippen MR) is 80.0 cm³/mol. The highest BCUT2D eigenvalue weighted by Crippen LogP contribution is 2.34. The van der Waals surface area contributed by atoms with Crippen LogP contribution in [0.3, 0.4) is 0 Å². The monoisotopic (exact) mass is 296 g/mol. The lowest BCUT2D eigenvalue weighted by Gasteiger charge is -2.18. The van der Waals surface area contributed by atoms with Gasteiger partial charge in [0.1, 0.15) is 0 Å². The largest absolute Gasteiger partial charge is 0.493 e. The van der Waals surface area contributed by atoms with E-state index in [-0.39, 0.29) is 12.6 Å². The van der Waals surface area contributed by atoms with Crippen LogP contribution in [0.5, 0.6) is 11.5 Å². The van der Waals surface area contributed by atoms with Crippen molar-refractivity contribution < 1.29 is 24.1 Å². The van der Waals surface area contributed by atoms with Crippen molar-refractivity contribution in [3.05, 3.63) is 23.3 Å². The van der Waals surface area contributed by atoms with Gasteiger partial charge in [-0.3, -0.25) is 4.79 Å². The lowest BCUT2D eigenvalue weighted by Crippen LogP contribution is -2.15. The molecule has 0 saturated carbocycles. The highest BCUT2D eigenvalue weighted by molar-refractivity contribution is 5.78. The Kier molecular flexibility index (Phi) is 7.02. The molecule has 118 valence electrons. The van der Waals surface area contributed by atoms with Gasteiger partial charge < -0.3 is 19.3 Å². The number of methoxy groups -OCH3 is 2. The fraction of sp³-hybridized carbons (Fsp3) is 0.562. The van der Waals surface area contributed by atoms with Crippen molar-refractivity contribution in [3.8, 4) is 11.5 Å². The van der Waals surface area contributed by atoms with Gasteiger partial charge in [0.15, 0.2) is 11.5 Å². The number of aryl methyl sites for hydroxylation is 1. The second-order valence-electron chi connectivity index (χ2n) is 4.71. The Balaban J connectivity index is 3.21. The number of aliphatic hydroxyl groups is 1. The van der Waals surface area contributed by atoms with Crippen LogP contribution in [0.15, 0.2) is 12.1 Å². The summed E-state index contributed by atoms with van der Waals surface area (Å²) in [4.78, 5) is 12.0. The van der Waals surface area contributed by atoms with Crippen LogP contribution in [0, 0.1) is 0 Å². The molecule has 0 aliphatic rings. The SMILES string of the molecule is CCOC(=O)C(C)c1cc(OC)c(OC)cc1CCCO. The van der Waals surface area contributed by atoms with E-state index in [2.05, 4.69) is 0 Å². The summed E-state index contributed by atoms with van der Waals surface area (Å²) in [5.74, 6) is 0.537. The fourth-order valence-electron chi connectivity index (χ4n) is 2.22. The average Bonchev–Trinajstić information content (AvgIpc) is 2.51. The third kappa shape index (κ3) is 4.36. The number of aliphatic hydroxyl groups excluding tert-OH is 1. The summed E-state index contributed by atoms with van der Waals surface area (Å²) >= 11 is 0. The van der Waals surface area contributed by atoms with Crippen LogP contribution >= 0.6 is 0 Å². The zero-order valence-electron chi connectivity index (χ0n) is 13.1. The third-order valence-corrected chi connectivity index (χ3v) is 3.36. The molecule has 0 aliphatic carbocycles. The van der Waals surface area contributed by atoms with Crippen molar-refractivity contribution in [3.63, 3.8) is 0 Å².